The van der Waals surface area contributed by atoms with Crippen molar-refractivity contribution < 1.29 is 9.90 Å². The van der Waals surface area contributed by atoms with Crippen LogP contribution in [0.2, 0.25) is 0 Å². The lowest BCUT2D eigenvalue weighted by molar-refractivity contribution is -0.132. The fourth-order valence-corrected chi connectivity index (χ4v) is 3.76. The molecule has 4 aromatic rings. The summed E-state index contributed by atoms with van der Waals surface area (Å²) in [5.41, 5.74) is 1.40. The first-order chi connectivity index (χ1) is 17.5. The van der Waals surface area contributed by atoms with Crippen molar-refractivity contribution in [2.45, 2.75) is 18.9 Å². The van der Waals surface area contributed by atoms with Gasteiger partial charge in [0.1, 0.15) is 17.3 Å². The van der Waals surface area contributed by atoms with Crippen LogP contribution in [-0.4, -0.2) is 54.6 Å². The van der Waals surface area contributed by atoms with Crippen molar-refractivity contribution in [1.82, 2.24) is 30.2 Å². The van der Waals surface area contributed by atoms with Gasteiger partial charge in [0, 0.05) is 36.0 Å². The van der Waals surface area contributed by atoms with E-state index in [4.69, 9.17) is 0 Å². The second-order valence-electron chi connectivity index (χ2n) is 8.44. The molecule has 11 heteroatoms. The van der Waals surface area contributed by atoms with Gasteiger partial charge in [-0.05, 0) is 62.4 Å². The lowest BCUT2D eigenvalue weighted by Gasteiger charge is -2.20. The molecular weight excluding hydrogens is 458 g/mol. The van der Waals surface area contributed by atoms with Gasteiger partial charge in [0.2, 0.25) is 5.95 Å². The van der Waals surface area contributed by atoms with Crippen LogP contribution in [0.4, 0.5) is 29.0 Å². The van der Waals surface area contributed by atoms with Gasteiger partial charge in [0.25, 0.3) is 5.91 Å². The Morgan fingerprint density at radius 2 is 1.72 bits per heavy atom. The van der Waals surface area contributed by atoms with E-state index in [0.29, 0.717) is 53.4 Å². The minimum Gasteiger partial charge on any atom is -0.379 e. The van der Waals surface area contributed by atoms with Crippen LogP contribution in [0.25, 0.3) is 11.5 Å². The van der Waals surface area contributed by atoms with Gasteiger partial charge in [0.15, 0.2) is 11.4 Å². The van der Waals surface area contributed by atoms with E-state index < -0.39 is 11.5 Å². The number of benzene rings is 1. The predicted molar refractivity (Wildman–Crippen MR) is 136 cm³/mol. The van der Waals surface area contributed by atoms with Gasteiger partial charge in [0.05, 0.1) is 0 Å². The standard InChI is InChI=1S/C25H25N9O2/c1-16-4-2-7-19(29-16)22-27-11-8-20(33-22)32-21-9-12-28-24(34-21)31-18-6-3-5-17(14-18)30-23(35)25(36)10-13-26-15-25/h2-9,11-12,14,26,36H,10,13,15H2,1H3,(H,30,35)(H2,27,28,31,32,33,34). The van der Waals surface area contributed by atoms with E-state index >= 15 is 0 Å². The highest BCUT2D eigenvalue weighted by atomic mass is 16.3. The number of aliphatic hydroxyl groups is 1. The van der Waals surface area contributed by atoms with Crippen molar-refractivity contribution in [3.8, 4) is 11.5 Å². The molecule has 11 nitrogen and oxygen atoms in total. The molecule has 182 valence electrons. The van der Waals surface area contributed by atoms with Gasteiger partial charge in [-0.15, -0.1) is 0 Å². The largest absolute Gasteiger partial charge is 0.379 e. The Bertz CT molecular complexity index is 1390. The molecule has 1 fully saturated rings. The number of rotatable bonds is 7. The molecule has 0 bridgehead atoms. The van der Waals surface area contributed by atoms with Crippen LogP contribution in [0.5, 0.6) is 0 Å². The molecule has 4 heterocycles. The van der Waals surface area contributed by atoms with Crippen molar-refractivity contribution >= 4 is 34.9 Å². The Balaban J connectivity index is 1.27. The molecule has 1 amide bonds. The Hall–Kier alpha value is -4.48. The highest BCUT2D eigenvalue weighted by molar-refractivity contribution is 5.98. The molecule has 1 unspecified atom stereocenters. The molecule has 1 aromatic carbocycles. The molecular formula is C25H25N9O2. The number of aromatic nitrogens is 5. The number of hydrogen-bond donors (Lipinski definition) is 5. The molecule has 1 aliphatic heterocycles. The maximum Gasteiger partial charge on any atom is 0.257 e. The second kappa shape index (κ2) is 10.0. The number of anilines is 5. The second-order valence-corrected chi connectivity index (χ2v) is 8.44. The number of aryl methyl sites for hydroxylation is 1. The topological polar surface area (TPSA) is 150 Å². The summed E-state index contributed by atoms with van der Waals surface area (Å²) >= 11 is 0. The van der Waals surface area contributed by atoms with Crippen LogP contribution >= 0.6 is 0 Å². The lowest BCUT2D eigenvalue weighted by atomic mass is 10.0. The molecule has 1 aliphatic rings. The first-order valence-electron chi connectivity index (χ1n) is 11.5. The summed E-state index contributed by atoms with van der Waals surface area (Å²) < 4.78 is 0. The van der Waals surface area contributed by atoms with Gasteiger partial charge < -0.3 is 26.4 Å². The Labute approximate surface area is 207 Å². The maximum atomic E-state index is 12.5. The fraction of sp³-hybridized carbons (Fsp3) is 0.200. The van der Waals surface area contributed by atoms with Crippen LogP contribution in [-0.2, 0) is 4.79 Å². The number of carbonyl (C=O) groups is 1. The summed E-state index contributed by atoms with van der Waals surface area (Å²) in [6, 6.07) is 16.3. The van der Waals surface area contributed by atoms with E-state index in [1.165, 1.54) is 0 Å². The number of hydrogen-bond acceptors (Lipinski definition) is 10. The van der Waals surface area contributed by atoms with Crippen molar-refractivity contribution in [3.05, 3.63) is 72.7 Å². The van der Waals surface area contributed by atoms with Crippen molar-refractivity contribution in [2.24, 2.45) is 0 Å². The van der Waals surface area contributed by atoms with Crippen molar-refractivity contribution in [2.75, 3.05) is 29.0 Å². The van der Waals surface area contributed by atoms with Crippen LogP contribution in [0, 0.1) is 6.92 Å². The van der Waals surface area contributed by atoms with E-state index in [2.05, 4.69) is 46.2 Å². The molecule has 36 heavy (non-hydrogen) atoms. The fourth-order valence-electron chi connectivity index (χ4n) is 3.76. The zero-order valence-corrected chi connectivity index (χ0v) is 19.6. The van der Waals surface area contributed by atoms with Crippen LogP contribution in [0.3, 0.4) is 0 Å². The minimum absolute atomic E-state index is 0.236. The number of β-amino-alcohol motifs (C(OH)–C–C–N with tert-alkyl or cyclic N) is 1. The third-order valence-electron chi connectivity index (χ3n) is 5.62. The molecule has 3 aromatic heterocycles. The zero-order valence-electron chi connectivity index (χ0n) is 19.6. The molecule has 0 aliphatic carbocycles. The molecule has 1 atom stereocenters. The zero-order chi connectivity index (χ0) is 25.0. The molecule has 5 N–H and O–H groups in total. The summed E-state index contributed by atoms with van der Waals surface area (Å²) in [5, 5.41) is 22.5. The van der Waals surface area contributed by atoms with Crippen molar-refractivity contribution in [1.29, 1.82) is 0 Å². The summed E-state index contributed by atoms with van der Waals surface area (Å²) in [7, 11) is 0. The normalized spacial score (nSPS) is 16.9. The van der Waals surface area contributed by atoms with E-state index in [9.17, 15) is 9.90 Å². The average molecular weight is 484 g/mol. The number of nitrogens with one attached hydrogen (secondary N) is 4. The summed E-state index contributed by atoms with van der Waals surface area (Å²) in [4.78, 5) is 34.6. The van der Waals surface area contributed by atoms with Gasteiger partial charge in [-0.2, -0.15) is 4.98 Å². The van der Waals surface area contributed by atoms with E-state index in [1.54, 1.807) is 42.7 Å². The molecule has 0 spiro atoms. The van der Waals surface area contributed by atoms with Gasteiger partial charge in [-0.25, -0.2) is 19.9 Å². The Morgan fingerprint density at radius 1 is 0.944 bits per heavy atom. The molecule has 1 saturated heterocycles. The van der Waals surface area contributed by atoms with E-state index in [-0.39, 0.29) is 6.54 Å². The highest BCUT2D eigenvalue weighted by Gasteiger charge is 2.38. The Morgan fingerprint density at radius 3 is 2.53 bits per heavy atom. The SMILES string of the molecule is Cc1cccc(-c2nccc(Nc3ccnc(Nc4cccc(NC(=O)C5(O)CCNC5)c4)n3)n2)n1. The Kier molecular flexibility index (Phi) is 6.48. The monoisotopic (exact) mass is 483 g/mol. The highest BCUT2D eigenvalue weighted by Crippen LogP contribution is 2.23. The molecule has 5 rings (SSSR count). The van der Waals surface area contributed by atoms with Gasteiger partial charge >= 0.3 is 0 Å². The number of nitrogens with zero attached hydrogens (tertiary/aromatic N) is 5. The lowest BCUT2D eigenvalue weighted by Crippen LogP contribution is -2.44. The minimum atomic E-state index is -1.40. The van der Waals surface area contributed by atoms with E-state index in [0.717, 1.165) is 5.69 Å². The molecule has 0 radical (unpaired) electrons. The summed E-state index contributed by atoms with van der Waals surface area (Å²) in [6.45, 7) is 2.76. The predicted octanol–water partition coefficient (Wildman–Crippen LogP) is 2.79. The average Bonchev–Trinajstić information content (AvgIpc) is 3.33. The number of carbonyl (C=O) groups excluding carboxylic acids is 1. The quantitative estimate of drug-likeness (QED) is 0.265. The third-order valence-corrected chi connectivity index (χ3v) is 5.62. The van der Waals surface area contributed by atoms with E-state index in [1.807, 2.05) is 31.2 Å². The van der Waals surface area contributed by atoms with Crippen molar-refractivity contribution in [3.63, 3.8) is 0 Å². The smallest absolute Gasteiger partial charge is 0.257 e. The number of amides is 1. The van der Waals surface area contributed by atoms with Gasteiger partial charge in [-0.3, -0.25) is 4.79 Å². The van der Waals surface area contributed by atoms with Gasteiger partial charge in [-0.1, -0.05) is 12.1 Å². The summed E-state index contributed by atoms with van der Waals surface area (Å²) in [5.74, 6) is 1.54. The maximum absolute atomic E-state index is 12.5. The first kappa shape index (κ1) is 23.3. The summed E-state index contributed by atoms with van der Waals surface area (Å²) in [6.07, 6.45) is 3.66. The molecule has 0 saturated carbocycles. The van der Waals surface area contributed by atoms with Crippen LogP contribution in [0.1, 0.15) is 12.1 Å². The first-order valence-corrected chi connectivity index (χ1v) is 11.5. The third kappa shape index (κ3) is 5.43. The number of pyridine rings is 1. The van der Waals surface area contributed by atoms with Crippen LogP contribution in [0.15, 0.2) is 67.0 Å². The van der Waals surface area contributed by atoms with Crippen LogP contribution < -0.4 is 21.3 Å².